The third-order valence-corrected chi connectivity index (χ3v) is 9.53. The van der Waals surface area contributed by atoms with Crippen molar-refractivity contribution in [3.63, 3.8) is 0 Å². The fourth-order valence-corrected chi connectivity index (χ4v) is 6.88. The average Bonchev–Trinajstić information content (AvgIpc) is 3.03. The second kappa shape index (κ2) is 15.4. The van der Waals surface area contributed by atoms with Crippen LogP contribution in [0.25, 0.3) is 0 Å². The van der Waals surface area contributed by atoms with Crippen molar-refractivity contribution in [1.29, 1.82) is 10.8 Å². The molecular weight excluding hydrogens is 632 g/mol. The van der Waals surface area contributed by atoms with Crippen LogP contribution in [0.4, 0.5) is 35.1 Å². The fourth-order valence-electron chi connectivity index (χ4n) is 6.88. The topological polar surface area (TPSA) is 71.2 Å². The summed E-state index contributed by atoms with van der Waals surface area (Å²) in [6.45, 7) is 4.26. The number of likely N-dealkylation sites (tertiary alicyclic amines) is 2. The van der Waals surface area contributed by atoms with Crippen LogP contribution >= 0.6 is 0 Å². The third-order valence-electron chi connectivity index (χ3n) is 9.53. The Balaban J connectivity index is 1.56. The minimum absolute atomic E-state index is 0.0277. The maximum Gasteiger partial charge on any atom is 0.416 e. The molecule has 13 heteroatoms. The monoisotopic (exact) mass is 672 g/mol. The van der Waals surface area contributed by atoms with Crippen LogP contribution < -0.4 is 0 Å². The summed E-state index contributed by atoms with van der Waals surface area (Å²) in [5.41, 5.74) is -5.06. The van der Waals surface area contributed by atoms with E-state index in [0.717, 1.165) is 57.4 Å². The van der Waals surface area contributed by atoms with Crippen LogP contribution in [0.3, 0.4) is 0 Å². The van der Waals surface area contributed by atoms with Gasteiger partial charge in [0.1, 0.15) is 0 Å². The van der Waals surface area contributed by atoms with Gasteiger partial charge in [-0.15, -0.1) is 0 Å². The summed E-state index contributed by atoms with van der Waals surface area (Å²) < 4.78 is 109. The van der Waals surface area contributed by atoms with Crippen molar-refractivity contribution >= 4 is 17.7 Å². The molecule has 2 N–H and O–H groups in total. The number of rotatable bonds is 13. The Bertz CT molecular complexity index is 1380. The summed E-state index contributed by atoms with van der Waals surface area (Å²) >= 11 is 0. The lowest BCUT2D eigenvalue weighted by Gasteiger charge is -2.42. The van der Waals surface area contributed by atoms with Crippen molar-refractivity contribution in [3.8, 4) is 0 Å². The van der Waals surface area contributed by atoms with Gasteiger partial charge in [-0.2, -0.15) is 26.3 Å². The molecule has 0 aromatic heterocycles. The van der Waals surface area contributed by atoms with E-state index >= 15 is 0 Å². The molecule has 2 heterocycles. The molecule has 0 spiro atoms. The van der Waals surface area contributed by atoms with Crippen LogP contribution in [0.5, 0.6) is 0 Å². The van der Waals surface area contributed by atoms with Crippen molar-refractivity contribution < 1.29 is 39.9 Å². The molecule has 0 unspecified atom stereocenters. The third kappa shape index (κ3) is 9.68. The first-order valence-electron chi connectivity index (χ1n) is 15.9. The highest BCUT2D eigenvalue weighted by molar-refractivity contribution is 6.39. The molecule has 0 amide bonds. The lowest BCUT2D eigenvalue weighted by molar-refractivity contribution is -0.143. The van der Waals surface area contributed by atoms with Crippen molar-refractivity contribution in [1.82, 2.24) is 9.80 Å². The van der Waals surface area contributed by atoms with E-state index in [1.807, 2.05) is 0 Å². The maximum atomic E-state index is 14.6. The summed E-state index contributed by atoms with van der Waals surface area (Å²) in [6, 6.07) is 4.70. The van der Waals surface area contributed by atoms with Gasteiger partial charge in [0.2, 0.25) is 0 Å². The number of nitrogens with one attached hydrogen (secondary N) is 2. The van der Waals surface area contributed by atoms with Gasteiger partial charge in [-0.1, -0.05) is 12.5 Å². The molecule has 0 aliphatic carbocycles. The van der Waals surface area contributed by atoms with E-state index in [1.165, 1.54) is 25.3 Å². The number of alkyl halides is 6. The number of Topliss-reactive ketones (excluding diaryl/α,β-unsaturated/α-hetero) is 1. The summed E-state index contributed by atoms with van der Waals surface area (Å²) in [5.74, 6) is -3.21. The van der Waals surface area contributed by atoms with Crippen LogP contribution in [0.2, 0.25) is 0 Å². The van der Waals surface area contributed by atoms with Gasteiger partial charge in [0.05, 0.1) is 16.8 Å². The lowest BCUT2D eigenvalue weighted by Crippen LogP contribution is -2.47. The van der Waals surface area contributed by atoms with Gasteiger partial charge < -0.3 is 20.6 Å². The minimum Gasteiger partial charge on any atom is -0.313 e. The highest BCUT2D eigenvalue weighted by atomic mass is 19.4. The molecule has 0 radical (unpaired) electrons. The molecule has 2 fully saturated rings. The van der Waals surface area contributed by atoms with Gasteiger partial charge in [-0.25, -0.2) is 8.78 Å². The first kappa shape index (κ1) is 36.6. The summed E-state index contributed by atoms with van der Waals surface area (Å²) in [4.78, 5) is 18.0. The Morgan fingerprint density at radius 3 is 1.98 bits per heavy atom. The first-order valence-corrected chi connectivity index (χ1v) is 15.9. The second-order valence-electron chi connectivity index (χ2n) is 12.7. The normalized spacial score (nSPS) is 18.6. The Morgan fingerprint density at radius 2 is 1.43 bits per heavy atom. The molecule has 2 aliphatic heterocycles. The quantitative estimate of drug-likeness (QED) is 0.166. The molecule has 2 aromatic rings. The van der Waals surface area contributed by atoms with Crippen LogP contribution in [-0.4, -0.2) is 66.3 Å². The number of carbonyl (C=O) groups excluding carboxylic acids is 1. The van der Waals surface area contributed by atoms with Gasteiger partial charge in [-0.3, -0.25) is 4.79 Å². The van der Waals surface area contributed by atoms with Gasteiger partial charge in [0.15, 0.2) is 17.4 Å². The van der Waals surface area contributed by atoms with Gasteiger partial charge in [-0.05, 0) is 125 Å². The highest BCUT2D eigenvalue weighted by Crippen LogP contribution is 2.40. The maximum absolute atomic E-state index is 14.6. The summed E-state index contributed by atoms with van der Waals surface area (Å²) in [5, 5.41) is 16.3. The zero-order valence-corrected chi connectivity index (χ0v) is 26.1. The highest BCUT2D eigenvalue weighted by Gasteiger charge is 2.39. The minimum atomic E-state index is -5.09. The largest absolute Gasteiger partial charge is 0.416 e. The van der Waals surface area contributed by atoms with Crippen LogP contribution in [0.15, 0.2) is 36.4 Å². The molecule has 258 valence electrons. The van der Waals surface area contributed by atoms with Crippen molar-refractivity contribution in [2.45, 2.75) is 88.0 Å². The predicted octanol–water partition coefficient (Wildman–Crippen LogP) is 8.23. The summed E-state index contributed by atoms with van der Waals surface area (Å²) in [6.07, 6.45) is -4.05. The Morgan fingerprint density at radius 1 is 0.809 bits per heavy atom. The number of halogens is 8. The van der Waals surface area contributed by atoms with E-state index in [2.05, 4.69) is 9.80 Å². The van der Waals surface area contributed by atoms with E-state index < -0.39 is 64.0 Å². The molecule has 1 atom stereocenters. The molecule has 2 aliphatic rings. The van der Waals surface area contributed by atoms with Gasteiger partial charge >= 0.3 is 12.4 Å². The standard InChI is InChI=1S/C34H40F8N4O/c35-28-6-5-24(21-29(28)36)32(9-4-11-43,10-16-45-14-7-27(8-15-45)46-12-2-1-3-13-46)22-30(44)31(47)19-23-17-25(33(37,38)39)20-26(18-23)34(40,41)42/h5-6,11,17-18,20-21,27,43-44H,1-4,7-10,12-16,19,22H2/t32-/m0/s1. The van der Waals surface area contributed by atoms with Gasteiger partial charge in [0, 0.05) is 24.3 Å². The zero-order chi connectivity index (χ0) is 34.4. The van der Waals surface area contributed by atoms with Crippen molar-refractivity contribution in [2.24, 2.45) is 0 Å². The number of ketones is 1. The van der Waals surface area contributed by atoms with Crippen LogP contribution in [-0.2, 0) is 29.0 Å². The van der Waals surface area contributed by atoms with Crippen LogP contribution in [0.1, 0.15) is 80.0 Å². The average molecular weight is 673 g/mol. The SMILES string of the molecule is N=CCC[C@](CCN1CCC(N2CCCCC2)CC1)(CC(=N)C(=O)Cc1cc(C(F)(F)F)cc(C(F)(F)F)c1)c1ccc(F)c(F)c1. The Labute approximate surface area is 269 Å². The fraction of sp³-hybridized carbons (Fsp3) is 0.559. The first-order chi connectivity index (χ1) is 22.1. The molecule has 2 saturated heterocycles. The predicted molar refractivity (Wildman–Crippen MR) is 163 cm³/mol. The van der Waals surface area contributed by atoms with Gasteiger partial charge in [0.25, 0.3) is 0 Å². The molecule has 0 bridgehead atoms. The molecular formula is C34H40F8N4O. The van der Waals surface area contributed by atoms with E-state index in [-0.39, 0.29) is 25.3 Å². The summed E-state index contributed by atoms with van der Waals surface area (Å²) in [7, 11) is 0. The smallest absolute Gasteiger partial charge is 0.313 e. The van der Waals surface area contributed by atoms with Crippen LogP contribution in [0, 0.1) is 22.5 Å². The Hall–Kier alpha value is -3.19. The van der Waals surface area contributed by atoms with E-state index in [9.17, 15) is 39.9 Å². The van der Waals surface area contributed by atoms with E-state index in [4.69, 9.17) is 10.8 Å². The number of piperidine rings is 2. The number of carbonyl (C=O) groups is 1. The second-order valence-corrected chi connectivity index (χ2v) is 12.7. The molecule has 5 nitrogen and oxygen atoms in total. The van der Waals surface area contributed by atoms with Crippen molar-refractivity contribution in [3.05, 3.63) is 70.3 Å². The van der Waals surface area contributed by atoms with E-state index in [0.29, 0.717) is 36.7 Å². The van der Waals surface area contributed by atoms with E-state index in [1.54, 1.807) is 0 Å². The lowest BCUT2D eigenvalue weighted by atomic mass is 9.69. The Kier molecular flexibility index (Phi) is 12.0. The molecule has 0 saturated carbocycles. The zero-order valence-electron chi connectivity index (χ0n) is 26.1. The number of hydrogen-bond donors (Lipinski definition) is 2. The van der Waals surface area contributed by atoms with Crippen molar-refractivity contribution in [2.75, 3.05) is 32.7 Å². The molecule has 47 heavy (non-hydrogen) atoms. The number of benzene rings is 2. The molecule has 2 aromatic carbocycles. The number of nitrogens with zero attached hydrogens (tertiary/aromatic N) is 2. The number of hydrogen-bond acceptors (Lipinski definition) is 5. The molecule has 4 rings (SSSR count).